The zero-order valence-corrected chi connectivity index (χ0v) is 25.2. The Morgan fingerprint density at radius 2 is 1.60 bits per heavy atom. The number of amides is 2. The number of aromatic nitrogens is 4. The maximum absolute atomic E-state index is 13.1. The van der Waals surface area contributed by atoms with Crippen molar-refractivity contribution in [1.82, 2.24) is 28.6 Å². The van der Waals surface area contributed by atoms with E-state index in [1.54, 1.807) is 53.5 Å². The number of likely N-dealkylation sites (N-methyl/N-ethyl adjacent to an activating group) is 1. The van der Waals surface area contributed by atoms with Crippen LogP contribution in [-0.4, -0.2) is 86.4 Å². The molecule has 0 radical (unpaired) electrons. The van der Waals surface area contributed by atoms with Gasteiger partial charge in [0, 0.05) is 52.0 Å². The molecule has 5 heterocycles. The molecule has 0 spiro atoms. The Balaban J connectivity index is 0.000000256. The molecule has 11 nitrogen and oxygen atoms in total. The minimum absolute atomic E-state index is 0.113. The third-order valence-electron chi connectivity index (χ3n) is 7.73. The molecule has 4 aromatic heterocycles. The number of benzene rings is 1. The second kappa shape index (κ2) is 13.5. The number of halogens is 1. The summed E-state index contributed by atoms with van der Waals surface area (Å²) in [6.45, 7) is 1.27. The van der Waals surface area contributed by atoms with E-state index in [0.29, 0.717) is 35.8 Å². The van der Waals surface area contributed by atoms with Gasteiger partial charge in [0.2, 0.25) is 0 Å². The van der Waals surface area contributed by atoms with Gasteiger partial charge in [0.05, 0.1) is 24.4 Å². The molecular formula is C33H33FN6O5. The summed E-state index contributed by atoms with van der Waals surface area (Å²) in [6.07, 6.45) is 10.7. The molecule has 232 valence electrons. The molecule has 0 unspecified atom stereocenters. The summed E-state index contributed by atoms with van der Waals surface area (Å²) in [5.41, 5.74) is 3.51. The SMILES string of the molecule is CN(C)C(=O)C(=O)c1cnc2ccc(C(=O)N3CCC(Cc4ccc(F)cc4)CC3)cn12.COC(=O)c1ccc2nccn2c1. The van der Waals surface area contributed by atoms with Gasteiger partial charge < -0.3 is 18.9 Å². The molecule has 5 aromatic rings. The second-order valence-electron chi connectivity index (χ2n) is 11.0. The lowest BCUT2D eigenvalue weighted by Crippen LogP contribution is -2.39. The van der Waals surface area contributed by atoms with Gasteiger partial charge >= 0.3 is 5.97 Å². The molecule has 1 aliphatic rings. The number of imidazole rings is 2. The lowest BCUT2D eigenvalue weighted by Gasteiger charge is -2.32. The first kappa shape index (κ1) is 31.0. The summed E-state index contributed by atoms with van der Waals surface area (Å²) in [7, 11) is 4.39. The van der Waals surface area contributed by atoms with E-state index in [0.717, 1.165) is 30.5 Å². The number of hydrogen-bond donors (Lipinski definition) is 0. The zero-order chi connectivity index (χ0) is 32.1. The van der Waals surface area contributed by atoms with Gasteiger partial charge in [-0.25, -0.2) is 19.2 Å². The van der Waals surface area contributed by atoms with Crippen LogP contribution in [0.1, 0.15) is 49.6 Å². The number of fused-ring (bicyclic) bond motifs is 2. The van der Waals surface area contributed by atoms with Crippen LogP contribution in [0.2, 0.25) is 0 Å². The number of pyridine rings is 2. The molecular weight excluding hydrogens is 579 g/mol. The van der Waals surface area contributed by atoms with Gasteiger partial charge in [-0.15, -0.1) is 0 Å². The van der Waals surface area contributed by atoms with Gasteiger partial charge in [0.15, 0.2) is 0 Å². The number of piperidine rings is 1. The molecule has 0 atom stereocenters. The van der Waals surface area contributed by atoms with Crippen LogP contribution in [0.25, 0.3) is 11.3 Å². The average molecular weight is 613 g/mol. The number of methoxy groups -OCH3 is 1. The minimum atomic E-state index is -0.672. The number of carbonyl (C=O) groups excluding carboxylic acids is 4. The molecule has 45 heavy (non-hydrogen) atoms. The van der Waals surface area contributed by atoms with Crippen LogP contribution in [0.15, 0.2) is 79.5 Å². The van der Waals surface area contributed by atoms with Crippen LogP contribution in [-0.2, 0) is 16.0 Å². The van der Waals surface area contributed by atoms with Crippen molar-refractivity contribution in [1.29, 1.82) is 0 Å². The fourth-order valence-corrected chi connectivity index (χ4v) is 5.22. The summed E-state index contributed by atoms with van der Waals surface area (Å²) in [6, 6.07) is 13.4. The molecule has 1 aliphatic heterocycles. The number of hydrogen-bond acceptors (Lipinski definition) is 7. The highest BCUT2D eigenvalue weighted by Crippen LogP contribution is 2.23. The van der Waals surface area contributed by atoms with Crippen molar-refractivity contribution in [2.24, 2.45) is 5.92 Å². The summed E-state index contributed by atoms with van der Waals surface area (Å²) >= 11 is 0. The van der Waals surface area contributed by atoms with Crippen LogP contribution >= 0.6 is 0 Å². The number of nitrogens with zero attached hydrogens (tertiary/aromatic N) is 6. The highest BCUT2D eigenvalue weighted by molar-refractivity contribution is 6.42. The molecule has 0 N–H and O–H groups in total. The largest absolute Gasteiger partial charge is 0.465 e. The first-order chi connectivity index (χ1) is 21.6. The standard InChI is InChI=1S/C24H25FN4O3.C9H8N2O2/c1-27(2)24(32)22(30)20-14-26-21-8-5-18(15-29(20)21)23(31)28-11-9-17(10-12-28)13-16-3-6-19(25)7-4-16;1-13-9(12)7-2-3-8-10-4-5-11(8)6-7/h3-8,14-15,17H,9-13H2,1-2H3;2-6H,1H3. The lowest BCUT2D eigenvalue weighted by molar-refractivity contribution is -0.124. The van der Waals surface area contributed by atoms with E-state index in [4.69, 9.17) is 0 Å². The second-order valence-corrected chi connectivity index (χ2v) is 11.0. The molecule has 1 fully saturated rings. The molecule has 0 aliphatic carbocycles. The normalized spacial score (nSPS) is 13.3. The number of esters is 1. The molecule has 12 heteroatoms. The van der Waals surface area contributed by atoms with Crippen molar-refractivity contribution in [3.05, 3.63) is 108 Å². The van der Waals surface area contributed by atoms with Gasteiger partial charge in [0.1, 0.15) is 22.8 Å². The highest BCUT2D eigenvalue weighted by Gasteiger charge is 2.26. The summed E-state index contributed by atoms with van der Waals surface area (Å²) in [5, 5.41) is 0. The number of rotatable bonds is 6. The topological polar surface area (TPSA) is 119 Å². The zero-order valence-electron chi connectivity index (χ0n) is 25.2. The Morgan fingerprint density at radius 1 is 0.911 bits per heavy atom. The van der Waals surface area contributed by atoms with Crippen LogP contribution in [0.5, 0.6) is 0 Å². The maximum atomic E-state index is 13.1. The molecule has 6 rings (SSSR count). The molecule has 0 bridgehead atoms. The first-order valence-electron chi connectivity index (χ1n) is 14.4. The molecule has 1 saturated heterocycles. The van der Waals surface area contributed by atoms with Crippen molar-refractivity contribution < 1.29 is 28.3 Å². The van der Waals surface area contributed by atoms with Crippen molar-refractivity contribution >= 4 is 34.9 Å². The first-order valence-corrected chi connectivity index (χ1v) is 14.4. The molecule has 1 aromatic carbocycles. The maximum Gasteiger partial charge on any atom is 0.339 e. The van der Waals surface area contributed by atoms with E-state index in [-0.39, 0.29) is 23.4 Å². The smallest absolute Gasteiger partial charge is 0.339 e. The van der Waals surface area contributed by atoms with Crippen molar-refractivity contribution in [2.45, 2.75) is 19.3 Å². The van der Waals surface area contributed by atoms with Gasteiger partial charge in [-0.1, -0.05) is 12.1 Å². The molecule has 2 amide bonds. The Hall–Kier alpha value is -5.39. The van der Waals surface area contributed by atoms with E-state index >= 15 is 0 Å². The highest BCUT2D eigenvalue weighted by atomic mass is 19.1. The summed E-state index contributed by atoms with van der Waals surface area (Å²) < 4.78 is 21.0. The quantitative estimate of drug-likeness (QED) is 0.162. The monoisotopic (exact) mass is 612 g/mol. The molecule has 0 saturated carbocycles. The number of ketones is 1. The summed E-state index contributed by atoms with van der Waals surface area (Å²) in [5.74, 6) is -1.56. The Kier molecular flexibility index (Phi) is 9.31. The Labute approximate surface area is 258 Å². The van der Waals surface area contributed by atoms with Crippen LogP contribution in [0.3, 0.4) is 0 Å². The van der Waals surface area contributed by atoms with E-state index < -0.39 is 11.7 Å². The Morgan fingerprint density at radius 3 is 2.29 bits per heavy atom. The third-order valence-corrected chi connectivity index (χ3v) is 7.73. The van der Waals surface area contributed by atoms with E-state index in [9.17, 15) is 23.6 Å². The average Bonchev–Trinajstić information content (AvgIpc) is 3.71. The van der Waals surface area contributed by atoms with Gasteiger partial charge in [-0.3, -0.25) is 18.8 Å². The third kappa shape index (κ3) is 7.06. The number of Topliss-reactive ketones (excluding diaryl/α,β-unsaturated/α-hetero) is 1. The predicted molar refractivity (Wildman–Crippen MR) is 163 cm³/mol. The number of carbonyl (C=O) groups is 4. The van der Waals surface area contributed by atoms with Gasteiger partial charge in [0.25, 0.3) is 17.6 Å². The van der Waals surface area contributed by atoms with Gasteiger partial charge in [-0.2, -0.15) is 0 Å². The van der Waals surface area contributed by atoms with E-state index in [1.807, 2.05) is 17.0 Å². The van der Waals surface area contributed by atoms with Gasteiger partial charge in [-0.05, 0) is 67.1 Å². The van der Waals surface area contributed by atoms with Crippen LogP contribution in [0.4, 0.5) is 4.39 Å². The van der Waals surface area contributed by atoms with E-state index in [2.05, 4.69) is 14.7 Å². The fraction of sp³-hybridized carbons (Fsp3) is 0.273. The van der Waals surface area contributed by atoms with Crippen LogP contribution < -0.4 is 0 Å². The van der Waals surface area contributed by atoms with Crippen LogP contribution in [0, 0.1) is 11.7 Å². The lowest BCUT2D eigenvalue weighted by atomic mass is 9.90. The predicted octanol–water partition coefficient (Wildman–Crippen LogP) is 3.96. The van der Waals surface area contributed by atoms with Crippen molar-refractivity contribution in [2.75, 3.05) is 34.3 Å². The fourth-order valence-electron chi connectivity index (χ4n) is 5.22. The minimum Gasteiger partial charge on any atom is -0.465 e. The Bertz CT molecular complexity index is 1850. The van der Waals surface area contributed by atoms with Crippen molar-refractivity contribution in [3.63, 3.8) is 0 Å². The summed E-state index contributed by atoms with van der Waals surface area (Å²) in [4.78, 5) is 60.0. The number of likely N-dealkylation sites (tertiary alicyclic amines) is 1. The van der Waals surface area contributed by atoms with E-state index in [1.165, 1.54) is 48.8 Å². The van der Waals surface area contributed by atoms with Crippen molar-refractivity contribution in [3.8, 4) is 0 Å². The number of ether oxygens (including phenoxy) is 1.